The minimum absolute atomic E-state index is 0.294. The van der Waals surface area contributed by atoms with Gasteiger partial charge in [-0.2, -0.15) is 0 Å². The van der Waals surface area contributed by atoms with Crippen LogP contribution in [0.1, 0.15) is 10.5 Å². The van der Waals surface area contributed by atoms with Crippen LogP contribution in [0.25, 0.3) is 11.1 Å². The average molecular weight is 260 g/mol. The lowest BCUT2D eigenvalue weighted by molar-refractivity contribution is 0.0594. The van der Waals surface area contributed by atoms with E-state index >= 15 is 0 Å². The fourth-order valence-electron chi connectivity index (χ4n) is 1.55. The molecule has 0 amide bonds. The number of esters is 1. The van der Waals surface area contributed by atoms with E-state index in [9.17, 15) is 4.79 Å². The van der Waals surface area contributed by atoms with Crippen LogP contribution in [-0.2, 0) is 4.74 Å². The molecule has 0 unspecified atom stereocenters. The van der Waals surface area contributed by atoms with Gasteiger partial charge in [-0.15, -0.1) is 0 Å². The second kappa shape index (κ2) is 5.64. The molecule has 1 heterocycles. The molecule has 0 spiro atoms. The summed E-state index contributed by atoms with van der Waals surface area (Å²) < 4.78 is 4.76. The number of thioether (sulfide) groups is 1. The number of methoxy groups -OCH3 is 1. The fourth-order valence-corrected chi connectivity index (χ4v) is 1.89. The summed E-state index contributed by atoms with van der Waals surface area (Å²) in [6, 6.07) is 9.53. The lowest BCUT2D eigenvalue weighted by Crippen LogP contribution is -2.08. The molecule has 5 heteroatoms. The van der Waals surface area contributed by atoms with E-state index in [-0.39, 0.29) is 0 Å². The van der Waals surface area contributed by atoms with Gasteiger partial charge in [0, 0.05) is 11.8 Å². The number of carbonyl (C=O) groups is 1. The standard InChI is InChI=1S/C13H12N2O2S/c1-17-12(16)11-10(8-14-13(15-11)18-2)9-6-4-3-5-7-9/h3-8H,1-2H3. The highest BCUT2D eigenvalue weighted by molar-refractivity contribution is 7.98. The largest absolute Gasteiger partial charge is 0.464 e. The minimum Gasteiger partial charge on any atom is -0.464 e. The Morgan fingerprint density at radius 1 is 1.28 bits per heavy atom. The summed E-state index contributed by atoms with van der Waals surface area (Å²) in [6.45, 7) is 0. The molecule has 1 aromatic heterocycles. The molecule has 4 nitrogen and oxygen atoms in total. The van der Waals surface area contributed by atoms with E-state index in [0.29, 0.717) is 16.4 Å². The molecular formula is C13H12N2O2S. The lowest BCUT2D eigenvalue weighted by Gasteiger charge is -2.07. The topological polar surface area (TPSA) is 52.1 Å². The number of hydrogen-bond donors (Lipinski definition) is 0. The Kier molecular flexibility index (Phi) is 3.94. The Hall–Kier alpha value is -1.88. The quantitative estimate of drug-likeness (QED) is 0.482. The van der Waals surface area contributed by atoms with Gasteiger partial charge in [0.05, 0.1) is 7.11 Å². The van der Waals surface area contributed by atoms with Crippen molar-refractivity contribution in [2.45, 2.75) is 5.16 Å². The molecule has 0 aliphatic heterocycles. The molecule has 0 radical (unpaired) electrons. The van der Waals surface area contributed by atoms with Gasteiger partial charge < -0.3 is 4.74 Å². The predicted octanol–water partition coefficient (Wildman–Crippen LogP) is 2.65. The maximum absolute atomic E-state index is 11.8. The molecule has 1 aromatic carbocycles. The van der Waals surface area contributed by atoms with Gasteiger partial charge in [0.1, 0.15) is 0 Å². The normalized spacial score (nSPS) is 10.1. The van der Waals surface area contributed by atoms with Crippen molar-refractivity contribution >= 4 is 17.7 Å². The van der Waals surface area contributed by atoms with Crippen molar-refractivity contribution in [2.24, 2.45) is 0 Å². The van der Waals surface area contributed by atoms with E-state index in [1.807, 2.05) is 36.6 Å². The Balaban J connectivity index is 2.56. The number of rotatable bonds is 3. The molecule has 0 aliphatic carbocycles. The van der Waals surface area contributed by atoms with Crippen LogP contribution in [0.4, 0.5) is 0 Å². The molecule has 0 saturated carbocycles. The van der Waals surface area contributed by atoms with Crippen LogP contribution in [0.2, 0.25) is 0 Å². The Morgan fingerprint density at radius 2 is 2.00 bits per heavy atom. The van der Waals surface area contributed by atoms with E-state index in [1.54, 1.807) is 6.20 Å². The third kappa shape index (κ3) is 2.51. The zero-order valence-electron chi connectivity index (χ0n) is 10.1. The van der Waals surface area contributed by atoms with Crippen LogP contribution >= 0.6 is 11.8 Å². The molecule has 92 valence electrons. The Bertz CT molecular complexity index is 558. The smallest absolute Gasteiger partial charge is 0.357 e. The summed E-state index contributed by atoms with van der Waals surface area (Å²) in [7, 11) is 1.35. The molecule has 0 atom stereocenters. The van der Waals surface area contributed by atoms with Crippen molar-refractivity contribution < 1.29 is 9.53 Å². The van der Waals surface area contributed by atoms with Crippen LogP contribution < -0.4 is 0 Å². The highest BCUT2D eigenvalue weighted by atomic mass is 32.2. The first-order valence-electron chi connectivity index (χ1n) is 5.31. The molecule has 2 aromatic rings. The van der Waals surface area contributed by atoms with Gasteiger partial charge in [-0.3, -0.25) is 0 Å². The van der Waals surface area contributed by atoms with Gasteiger partial charge in [-0.1, -0.05) is 42.1 Å². The first-order valence-corrected chi connectivity index (χ1v) is 6.53. The third-order valence-electron chi connectivity index (χ3n) is 2.41. The van der Waals surface area contributed by atoms with Crippen molar-refractivity contribution in [3.8, 4) is 11.1 Å². The van der Waals surface area contributed by atoms with Gasteiger partial charge >= 0.3 is 5.97 Å². The van der Waals surface area contributed by atoms with Crippen LogP contribution in [0.3, 0.4) is 0 Å². The molecular weight excluding hydrogens is 248 g/mol. The van der Waals surface area contributed by atoms with E-state index in [2.05, 4.69) is 9.97 Å². The van der Waals surface area contributed by atoms with Gasteiger partial charge in [0.2, 0.25) is 0 Å². The lowest BCUT2D eigenvalue weighted by atomic mass is 10.1. The maximum atomic E-state index is 11.8. The second-order valence-electron chi connectivity index (χ2n) is 3.48. The highest BCUT2D eigenvalue weighted by Crippen LogP contribution is 2.23. The van der Waals surface area contributed by atoms with Crippen LogP contribution in [0.5, 0.6) is 0 Å². The van der Waals surface area contributed by atoms with E-state index < -0.39 is 5.97 Å². The maximum Gasteiger partial charge on any atom is 0.357 e. The first-order chi connectivity index (χ1) is 8.76. The first kappa shape index (κ1) is 12.6. The number of nitrogens with zero attached hydrogens (tertiary/aromatic N) is 2. The summed E-state index contributed by atoms with van der Waals surface area (Å²) in [5.74, 6) is -0.452. The fraction of sp³-hybridized carbons (Fsp3) is 0.154. The Morgan fingerprint density at radius 3 is 2.61 bits per heavy atom. The zero-order chi connectivity index (χ0) is 13.0. The predicted molar refractivity (Wildman–Crippen MR) is 70.6 cm³/mol. The molecule has 2 rings (SSSR count). The summed E-state index contributed by atoms with van der Waals surface area (Å²) in [4.78, 5) is 20.2. The zero-order valence-corrected chi connectivity index (χ0v) is 10.9. The minimum atomic E-state index is -0.452. The molecule has 0 fully saturated rings. The van der Waals surface area contributed by atoms with Crippen molar-refractivity contribution in [1.29, 1.82) is 0 Å². The Labute approximate surface area is 109 Å². The summed E-state index contributed by atoms with van der Waals surface area (Å²) in [5, 5.41) is 0.551. The molecule has 0 saturated heterocycles. The van der Waals surface area contributed by atoms with Crippen molar-refractivity contribution in [3.05, 3.63) is 42.2 Å². The number of aromatic nitrogens is 2. The summed E-state index contributed by atoms with van der Waals surface area (Å²) in [5.41, 5.74) is 1.87. The summed E-state index contributed by atoms with van der Waals surface area (Å²) >= 11 is 1.38. The van der Waals surface area contributed by atoms with Gasteiger partial charge in [-0.25, -0.2) is 14.8 Å². The number of carbonyl (C=O) groups excluding carboxylic acids is 1. The van der Waals surface area contributed by atoms with Crippen LogP contribution in [0.15, 0.2) is 41.7 Å². The molecule has 0 bridgehead atoms. The van der Waals surface area contributed by atoms with Crippen LogP contribution in [0, 0.1) is 0 Å². The van der Waals surface area contributed by atoms with Gasteiger partial charge in [0.15, 0.2) is 10.9 Å². The number of ether oxygens (including phenoxy) is 1. The SMILES string of the molecule is COC(=O)c1nc(SC)ncc1-c1ccccc1. The van der Waals surface area contributed by atoms with E-state index in [1.165, 1.54) is 18.9 Å². The average Bonchev–Trinajstić information content (AvgIpc) is 2.46. The second-order valence-corrected chi connectivity index (χ2v) is 4.25. The molecule has 0 N–H and O–H groups in total. The van der Waals surface area contributed by atoms with E-state index in [0.717, 1.165) is 5.56 Å². The molecule has 18 heavy (non-hydrogen) atoms. The molecule has 0 aliphatic rings. The van der Waals surface area contributed by atoms with Crippen LogP contribution in [-0.4, -0.2) is 29.3 Å². The summed E-state index contributed by atoms with van der Waals surface area (Å²) in [6.07, 6.45) is 3.51. The van der Waals surface area contributed by atoms with Gasteiger partial charge in [-0.05, 0) is 11.8 Å². The third-order valence-corrected chi connectivity index (χ3v) is 2.97. The van der Waals surface area contributed by atoms with Gasteiger partial charge in [0.25, 0.3) is 0 Å². The number of benzene rings is 1. The monoisotopic (exact) mass is 260 g/mol. The van der Waals surface area contributed by atoms with Crippen molar-refractivity contribution in [1.82, 2.24) is 9.97 Å². The van der Waals surface area contributed by atoms with Crippen molar-refractivity contribution in [3.63, 3.8) is 0 Å². The number of hydrogen-bond acceptors (Lipinski definition) is 5. The van der Waals surface area contributed by atoms with E-state index in [4.69, 9.17) is 4.74 Å². The van der Waals surface area contributed by atoms with Crippen molar-refractivity contribution in [2.75, 3.05) is 13.4 Å². The highest BCUT2D eigenvalue weighted by Gasteiger charge is 2.16.